The zero-order valence-electron chi connectivity index (χ0n) is 12.2. The van der Waals surface area contributed by atoms with Gasteiger partial charge in [-0.25, -0.2) is 0 Å². The zero-order chi connectivity index (χ0) is 13.1. The molecule has 0 aromatic carbocycles. The fraction of sp³-hybridized carbons (Fsp3) is 1.00. The van der Waals surface area contributed by atoms with Crippen molar-refractivity contribution >= 4 is 11.8 Å². The van der Waals surface area contributed by atoms with E-state index in [2.05, 4.69) is 51.3 Å². The van der Waals surface area contributed by atoms with Gasteiger partial charge in [-0.3, -0.25) is 4.90 Å². The SMILES string of the molecule is CC1SCCN(CC(CN)CC(C)(C)C)C1C. The van der Waals surface area contributed by atoms with Crippen molar-refractivity contribution in [1.82, 2.24) is 4.90 Å². The summed E-state index contributed by atoms with van der Waals surface area (Å²) >= 11 is 2.10. The lowest BCUT2D eigenvalue weighted by molar-refractivity contribution is 0.158. The minimum absolute atomic E-state index is 0.392. The highest BCUT2D eigenvalue weighted by molar-refractivity contribution is 8.00. The standard InChI is InChI=1S/C14H30N2S/c1-11-12(2)17-7-6-16(11)10-13(9-15)8-14(3,4)5/h11-13H,6-10,15H2,1-5H3. The Balaban J connectivity index is 2.49. The molecule has 0 spiro atoms. The maximum absolute atomic E-state index is 5.95. The first-order valence-corrected chi connectivity index (χ1v) is 7.94. The number of hydrogen-bond acceptors (Lipinski definition) is 3. The molecule has 2 N–H and O–H groups in total. The van der Waals surface area contributed by atoms with E-state index in [9.17, 15) is 0 Å². The van der Waals surface area contributed by atoms with Crippen molar-refractivity contribution in [3.63, 3.8) is 0 Å². The Morgan fingerprint density at radius 2 is 2.00 bits per heavy atom. The van der Waals surface area contributed by atoms with Crippen LogP contribution in [0.5, 0.6) is 0 Å². The second-order valence-electron chi connectivity index (χ2n) is 6.68. The van der Waals surface area contributed by atoms with Gasteiger partial charge in [-0.1, -0.05) is 27.7 Å². The van der Waals surface area contributed by atoms with E-state index in [1.165, 1.54) is 25.3 Å². The minimum Gasteiger partial charge on any atom is -0.330 e. The number of hydrogen-bond donors (Lipinski definition) is 1. The van der Waals surface area contributed by atoms with E-state index in [0.29, 0.717) is 17.4 Å². The highest BCUT2D eigenvalue weighted by atomic mass is 32.2. The van der Waals surface area contributed by atoms with E-state index < -0.39 is 0 Å². The molecule has 0 saturated carbocycles. The summed E-state index contributed by atoms with van der Waals surface area (Å²) in [4.78, 5) is 2.64. The Kier molecular flexibility index (Phi) is 5.81. The van der Waals surface area contributed by atoms with Gasteiger partial charge >= 0.3 is 0 Å². The first-order chi connectivity index (χ1) is 7.83. The molecule has 1 heterocycles. The Hall–Kier alpha value is 0.270. The first kappa shape index (κ1) is 15.3. The molecule has 1 aliphatic heterocycles. The predicted molar refractivity (Wildman–Crippen MR) is 79.6 cm³/mol. The lowest BCUT2D eigenvalue weighted by Crippen LogP contribution is -2.47. The number of nitrogens with zero attached hydrogens (tertiary/aromatic N) is 1. The topological polar surface area (TPSA) is 29.3 Å². The van der Waals surface area contributed by atoms with E-state index in [-0.39, 0.29) is 0 Å². The molecule has 102 valence electrons. The van der Waals surface area contributed by atoms with Gasteiger partial charge in [0.1, 0.15) is 0 Å². The lowest BCUT2D eigenvalue weighted by Gasteiger charge is -2.40. The van der Waals surface area contributed by atoms with E-state index >= 15 is 0 Å². The Morgan fingerprint density at radius 1 is 1.35 bits per heavy atom. The third-order valence-electron chi connectivity index (χ3n) is 3.74. The van der Waals surface area contributed by atoms with Gasteiger partial charge in [0.15, 0.2) is 0 Å². The maximum Gasteiger partial charge on any atom is 0.0184 e. The summed E-state index contributed by atoms with van der Waals surface area (Å²) in [6, 6.07) is 0.697. The van der Waals surface area contributed by atoms with Gasteiger partial charge in [0.25, 0.3) is 0 Å². The van der Waals surface area contributed by atoms with Crippen LogP contribution in [0.2, 0.25) is 0 Å². The molecule has 1 fully saturated rings. The zero-order valence-corrected chi connectivity index (χ0v) is 13.0. The van der Waals surface area contributed by atoms with Crippen molar-refractivity contribution in [3.8, 4) is 0 Å². The van der Waals surface area contributed by atoms with Gasteiger partial charge < -0.3 is 5.73 Å². The van der Waals surface area contributed by atoms with Crippen molar-refractivity contribution in [1.29, 1.82) is 0 Å². The number of thioether (sulfide) groups is 1. The molecule has 3 unspecified atom stereocenters. The molecule has 17 heavy (non-hydrogen) atoms. The van der Waals surface area contributed by atoms with Crippen molar-refractivity contribution in [2.24, 2.45) is 17.1 Å². The van der Waals surface area contributed by atoms with Crippen LogP contribution in [-0.2, 0) is 0 Å². The van der Waals surface area contributed by atoms with E-state index in [4.69, 9.17) is 5.73 Å². The third kappa shape index (κ3) is 5.19. The first-order valence-electron chi connectivity index (χ1n) is 6.89. The van der Waals surface area contributed by atoms with Gasteiger partial charge in [-0.15, -0.1) is 0 Å². The van der Waals surface area contributed by atoms with Crippen LogP contribution >= 0.6 is 11.8 Å². The maximum atomic E-state index is 5.95. The van der Waals surface area contributed by atoms with Gasteiger partial charge in [0.2, 0.25) is 0 Å². The van der Waals surface area contributed by atoms with Crippen LogP contribution in [0.1, 0.15) is 41.0 Å². The summed E-state index contributed by atoms with van der Waals surface area (Å²) < 4.78 is 0. The molecule has 0 aromatic rings. The molecular formula is C14H30N2S. The normalized spacial score (nSPS) is 29.3. The molecule has 3 heteroatoms. The molecule has 0 radical (unpaired) electrons. The molecule has 0 aromatic heterocycles. The summed E-state index contributed by atoms with van der Waals surface area (Å²) in [6.45, 7) is 14.9. The molecule has 0 aliphatic carbocycles. The van der Waals surface area contributed by atoms with Gasteiger partial charge in [-0.05, 0) is 31.2 Å². The molecule has 0 amide bonds. The van der Waals surface area contributed by atoms with Gasteiger partial charge in [-0.2, -0.15) is 11.8 Å². The van der Waals surface area contributed by atoms with Crippen LogP contribution in [0.15, 0.2) is 0 Å². The minimum atomic E-state index is 0.392. The second kappa shape index (κ2) is 6.44. The Morgan fingerprint density at radius 3 is 2.53 bits per heavy atom. The molecule has 2 nitrogen and oxygen atoms in total. The summed E-state index contributed by atoms with van der Waals surface area (Å²) in [5, 5.41) is 0.761. The molecular weight excluding hydrogens is 228 g/mol. The van der Waals surface area contributed by atoms with Gasteiger partial charge in [0, 0.05) is 30.1 Å². The molecule has 0 bridgehead atoms. The van der Waals surface area contributed by atoms with Crippen LogP contribution in [0.4, 0.5) is 0 Å². The predicted octanol–water partition coefficient (Wildman–Crippen LogP) is 2.82. The highest BCUT2D eigenvalue weighted by Crippen LogP contribution is 2.28. The van der Waals surface area contributed by atoms with Crippen molar-refractivity contribution < 1.29 is 0 Å². The smallest absolute Gasteiger partial charge is 0.0184 e. The summed E-state index contributed by atoms with van der Waals surface area (Å²) in [5.74, 6) is 1.92. The third-order valence-corrected chi connectivity index (χ3v) is 5.08. The van der Waals surface area contributed by atoms with Crippen LogP contribution in [0.3, 0.4) is 0 Å². The van der Waals surface area contributed by atoms with Crippen LogP contribution in [-0.4, -0.2) is 41.6 Å². The number of rotatable bonds is 4. The molecule has 1 aliphatic rings. The van der Waals surface area contributed by atoms with E-state index in [1.54, 1.807) is 0 Å². The van der Waals surface area contributed by atoms with Crippen molar-refractivity contribution in [2.75, 3.05) is 25.4 Å². The lowest BCUT2D eigenvalue weighted by atomic mass is 9.84. The monoisotopic (exact) mass is 258 g/mol. The highest BCUT2D eigenvalue weighted by Gasteiger charge is 2.28. The molecule has 3 atom stereocenters. The Labute approximate surface area is 112 Å². The van der Waals surface area contributed by atoms with Crippen LogP contribution < -0.4 is 5.73 Å². The van der Waals surface area contributed by atoms with Crippen molar-refractivity contribution in [2.45, 2.75) is 52.3 Å². The summed E-state index contributed by atoms with van der Waals surface area (Å²) in [7, 11) is 0. The van der Waals surface area contributed by atoms with Crippen molar-refractivity contribution in [3.05, 3.63) is 0 Å². The average Bonchev–Trinajstić information content (AvgIpc) is 2.21. The summed E-state index contributed by atoms with van der Waals surface area (Å²) in [5.41, 5.74) is 6.34. The van der Waals surface area contributed by atoms with E-state index in [0.717, 1.165) is 11.8 Å². The second-order valence-corrected chi connectivity index (χ2v) is 8.16. The fourth-order valence-corrected chi connectivity index (χ4v) is 3.84. The molecule has 1 rings (SSSR count). The van der Waals surface area contributed by atoms with E-state index in [1.807, 2.05) is 0 Å². The average molecular weight is 258 g/mol. The number of nitrogens with two attached hydrogens (primary N) is 1. The largest absolute Gasteiger partial charge is 0.330 e. The van der Waals surface area contributed by atoms with Crippen LogP contribution in [0, 0.1) is 11.3 Å². The Bertz CT molecular complexity index is 225. The fourth-order valence-electron chi connectivity index (χ4n) is 2.67. The molecule has 1 saturated heterocycles. The summed E-state index contributed by atoms with van der Waals surface area (Å²) in [6.07, 6.45) is 1.23. The van der Waals surface area contributed by atoms with Gasteiger partial charge in [0.05, 0.1) is 0 Å². The quantitative estimate of drug-likeness (QED) is 0.841. The van der Waals surface area contributed by atoms with Crippen LogP contribution in [0.25, 0.3) is 0 Å².